The molecule has 0 aromatic carbocycles. The van der Waals surface area contributed by atoms with Gasteiger partial charge >= 0.3 is 39.5 Å². The topological polar surface area (TPSA) is 237 Å². The largest absolute Gasteiger partial charge is 0.472 e. The number of carbonyl (C=O) groups is 4. The number of carbonyl (C=O) groups excluding carboxylic acids is 4. The Bertz CT molecular complexity index is 2030. The van der Waals surface area contributed by atoms with Crippen LogP contribution in [0.5, 0.6) is 0 Å². The maximum absolute atomic E-state index is 13.2. The molecule has 0 aliphatic carbocycles. The summed E-state index contributed by atoms with van der Waals surface area (Å²) in [5, 5.41) is 10.7. The fourth-order valence-electron chi connectivity index (χ4n) is 13.8. The summed E-state index contributed by atoms with van der Waals surface area (Å²) in [4.78, 5) is 73.3. The van der Waals surface area contributed by atoms with Crippen LogP contribution in [0.2, 0.25) is 0 Å². The normalized spacial score (nSPS) is 13.7. The van der Waals surface area contributed by atoms with Crippen LogP contribution in [0.25, 0.3) is 0 Å². The van der Waals surface area contributed by atoms with Crippen LogP contribution in [0.15, 0.2) is 0 Å². The summed E-state index contributed by atoms with van der Waals surface area (Å²) in [6.07, 6.45) is 75.1. The van der Waals surface area contributed by atoms with Crippen LogP contribution < -0.4 is 0 Å². The highest BCUT2D eigenvalue weighted by Crippen LogP contribution is 2.45. The van der Waals surface area contributed by atoms with Gasteiger partial charge in [0.25, 0.3) is 0 Å². The second-order valence-corrected chi connectivity index (χ2v) is 35.0. The quantitative estimate of drug-likeness (QED) is 0.0222. The van der Waals surface area contributed by atoms with Crippen LogP contribution in [-0.2, 0) is 65.4 Å². The molecule has 2 unspecified atom stereocenters. The van der Waals surface area contributed by atoms with Gasteiger partial charge in [0, 0.05) is 25.7 Å². The number of unbranched alkanes of at least 4 members (excludes halogenated alkanes) is 60. The third-order valence-electron chi connectivity index (χ3n) is 20.8. The zero-order valence-electron chi connectivity index (χ0n) is 70.3. The minimum atomic E-state index is -4.97. The van der Waals surface area contributed by atoms with Crippen molar-refractivity contribution in [1.29, 1.82) is 0 Å². The molecule has 0 fully saturated rings. The molecule has 0 bridgehead atoms. The molecule has 0 rings (SSSR count). The SMILES string of the molecule is CCCCCCCCCCCCCCCCCCCCCCCCC(=O)O[C@H](COC(=O)CCCCCCCCCCCCCCCCCCC(C)C)COP(=O)(O)OC[C@@H](O)COP(=O)(O)OC[C@@H](COC(=O)CCCCCCCCCCCC)OC(=O)CCCCCCCCCCCCCCCCCC. The number of phosphoric acid groups is 2. The molecule has 0 radical (unpaired) electrons. The van der Waals surface area contributed by atoms with Crippen molar-refractivity contribution in [2.75, 3.05) is 39.6 Å². The highest BCUT2D eigenvalue weighted by atomic mass is 31.2. The van der Waals surface area contributed by atoms with Crippen LogP contribution in [0.4, 0.5) is 0 Å². The van der Waals surface area contributed by atoms with E-state index in [-0.39, 0.29) is 25.7 Å². The third kappa shape index (κ3) is 81.9. The second-order valence-electron chi connectivity index (χ2n) is 32.1. The van der Waals surface area contributed by atoms with Gasteiger partial charge in [-0.25, -0.2) is 9.13 Å². The van der Waals surface area contributed by atoms with Crippen LogP contribution in [0.1, 0.15) is 478 Å². The Balaban J connectivity index is 5.21. The van der Waals surface area contributed by atoms with Crippen molar-refractivity contribution in [1.82, 2.24) is 0 Å². The Hall–Kier alpha value is -1.94. The van der Waals surface area contributed by atoms with Gasteiger partial charge in [-0.1, -0.05) is 426 Å². The van der Waals surface area contributed by atoms with E-state index in [4.69, 9.17) is 37.0 Å². The predicted molar refractivity (Wildman–Crippen MR) is 442 cm³/mol. The molecule has 636 valence electrons. The molecule has 0 spiro atoms. The van der Waals surface area contributed by atoms with Crippen molar-refractivity contribution in [3.05, 3.63) is 0 Å². The number of aliphatic hydroxyl groups is 1. The fraction of sp³-hybridized carbons (Fsp3) is 0.955. The van der Waals surface area contributed by atoms with Gasteiger partial charge in [-0.3, -0.25) is 37.3 Å². The number of aliphatic hydroxyl groups excluding tert-OH is 1. The van der Waals surface area contributed by atoms with E-state index in [2.05, 4.69) is 34.6 Å². The molecule has 19 heteroatoms. The summed E-state index contributed by atoms with van der Waals surface area (Å²) in [5.74, 6) is -1.28. The number of hydrogen-bond donors (Lipinski definition) is 3. The summed E-state index contributed by atoms with van der Waals surface area (Å²) in [7, 11) is -9.93. The van der Waals surface area contributed by atoms with Gasteiger partial charge in [0.1, 0.15) is 19.3 Å². The van der Waals surface area contributed by atoms with E-state index in [1.807, 2.05) is 0 Å². The van der Waals surface area contributed by atoms with Gasteiger partial charge in [0.2, 0.25) is 0 Å². The Morgan fingerprint density at radius 3 is 0.636 bits per heavy atom. The molecule has 17 nitrogen and oxygen atoms in total. The molecular formula is C88H172O17P2. The summed E-state index contributed by atoms with van der Waals surface area (Å²) < 4.78 is 68.9. The minimum Gasteiger partial charge on any atom is -0.462 e. The van der Waals surface area contributed by atoms with Crippen molar-refractivity contribution < 1.29 is 80.2 Å². The molecule has 0 aromatic heterocycles. The fourth-order valence-corrected chi connectivity index (χ4v) is 15.4. The first kappa shape index (κ1) is 105. The molecule has 0 amide bonds. The van der Waals surface area contributed by atoms with Crippen molar-refractivity contribution >= 4 is 39.5 Å². The number of hydrogen-bond acceptors (Lipinski definition) is 15. The number of esters is 4. The van der Waals surface area contributed by atoms with Crippen molar-refractivity contribution in [2.45, 2.75) is 496 Å². The molecule has 5 atom stereocenters. The predicted octanol–water partition coefficient (Wildman–Crippen LogP) is 27.2. The summed E-state index contributed by atoms with van der Waals surface area (Å²) in [5.41, 5.74) is 0. The van der Waals surface area contributed by atoms with Crippen molar-refractivity contribution in [3.8, 4) is 0 Å². The second kappa shape index (κ2) is 80.7. The van der Waals surface area contributed by atoms with E-state index in [0.29, 0.717) is 25.7 Å². The van der Waals surface area contributed by atoms with E-state index in [0.717, 1.165) is 95.8 Å². The number of ether oxygens (including phenoxy) is 4. The maximum atomic E-state index is 13.2. The lowest BCUT2D eigenvalue weighted by Crippen LogP contribution is -2.30. The highest BCUT2D eigenvalue weighted by Gasteiger charge is 2.30. The van der Waals surface area contributed by atoms with E-state index < -0.39 is 97.5 Å². The van der Waals surface area contributed by atoms with Crippen LogP contribution in [0.3, 0.4) is 0 Å². The maximum Gasteiger partial charge on any atom is 0.472 e. The zero-order valence-corrected chi connectivity index (χ0v) is 72.1. The van der Waals surface area contributed by atoms with Crippen LogP contribution >= 0.6 is 15.6 Å². The zero-order chi connectivity index (χ0) is 78.3. The average molecular weight is 1560 g/mol. The minimum absolute atomic E-state index is 0.109. The lowest BCUT2D eigenvalue weighted by Gasteiger charge is -2.21. The van der Waals surface area contributed by atoms with E-state index >= 15 is 0 Å². The molecule has 0 saturated carbocycles. The van der Waals surface area contributed by atoms with Gasteiger partial charge in [-0.2, -0.15) is 0 Å². The first-order chi connectivity index (χ1) is 52.0. The van der Waals surface area contributed by atoms with Gasteiger partial charge in [0.05, 0.1) is 26.4 Å². The molecule has 0 saturated heterocycles. The number of rotatable bonds is 88. The molecule has 3 N–H and O–H groups in total. The lowest BCUT2D eigenvalue weighted by molar-refractivity contribution is -0.161. The molecule has 0 aliphatic heterocycles. The lowest BCUT2D eigenvalue weighted by atomic mass is 10.0. The van der Waals surface area contributed by atoms with E-state index in [1.165, 1.54) is 302 Å². The molecule has 0 heterocycles. The van der Waals surface area contributed by atoms with Gasteiger partial charge in [0.15, 0.2) is 12.2 Å². The Morgan fingerprint density at radius 2 is 0.430 bits per heavy atom. The Labute approximate surface area is 658 Å². The first-order valence-corrected chi connectivity index (χ1v) is 48.6. The third-order valence-corrected chi connectivity index (χ3v) is 22.7. The van der Waals surface area contributed by atoms with Crippen LogP contribution in [0, 0.1) is 5.92 Å². The summed E-state index contributed by atoms with van der Waals surface area (Å²) in [6.45, 7) is 7.40. The van der Waals surface area contributed by atoms with Crippen molar-refractivity contribution in [2.24, 2.45) is 5.92 Å². The van der Waals surface area contributed by atoms with E-state index in [1.54, 1.807) is 0 Å². The Morgan fingerprint density at radius 1 is 0.252 bits per heavy atom. The van der Waals surface area contributed by atoms with E-state index in [9.17, 15) is 43.2 Å². The summed E-state index contributed by atoms with van der Waals surface area (Å²) in [6, 6.07) is 0. The standard InChI is InChI=1S/C88H172O17P2/c1-6-9-12-15-18-21-24-26-28-30-31-32-33-34-35-41-45-49-54-59-64-69-74-88(93)105-84(78-99-86(91)72-67-62-57-52-47-43-40-37-36-38-42-46-50-55-60-65-70-81(4)5)80-103-107(96,97)101-76-82(89)75-100-106(94,95)102-79-83(77-98-85(90)71-66-61-56-51-23-20-17-14-11-8-3)104-87(92)73-68-63-58-53-48-44-39-29-27-25-22-19-16-13-10-7-2/h81-84,89H,6-80H2,1-5H3,(H,94,95)(H,96,97)/t82-,83+,84+/m0/s1. The molecule has 0 aromatic rings. The smallest absolute Gasteiger partial charge is 0.462 e. The molecular weight excluding hydrogens is 1390 g/mol. The molecule has 0 aliphatic rings. The van der Waals surface area contributed by atoms with Crippen LogP contribution in [-0.4, -0.2) is 96.7 Å². The Kier molecular flexibility index (Phi) is 79.2. The van der Waals surface area contributed by atoms with Crippen molar-refractivity contribution in [3.63, 3.8) is 0 Å². The van der Waals surface area contributed by atoms with Gasteiger partial charge < -0.3 is 33.8 Å². The highest BCUT2D eigenvalue weighted by molar-refractivity contribution is 7.47. The first-order valence-electron chi connectivity index (χ1n) is 45.6. The van der Waals surface area contributed by atoms with Gasteiger partial charge in [-0.15, -0.1) is 0 Å². The monoisotopic (exact) mass is 1560 g/mol. The summed E-state index contributed by atoms with van der Waals surface area (Å²) >= 11 is 0. The number of phosphoric ester groups is 2. The molecule has 107 heavy (non-hydrogen) atoms. The van der Waals surface area contributed by atoms with Gasteiger partial charge in [-0.05, 0) is 31.6 Å². The average Bonchev–Trinajstić information content (AvgIpc) is 0.903.